The van der Waals surface area contributed by atoms with Crippen LogP contribution in [0.5, 0.6) is 0 Å². The predicted molar refractivity (Wildman–Crippen MR) is 89.6 cm³/mol. The van der Waals surface area contributed by atoms with E-state index in [4.69, 9.17) is 4.84 Å². The summed E-state index contributed by atoms with van der Waals surface area (Å²) in [5.41, 5.74) is 0. The molecule has 22 heavy (non-hydrogen) atoms. The molecule has 0 saturated heterocycles. The molecule has 0 radical (unpaired) electrons. The summed E-state index contributed by atoms with van der Waals surface area (Å²) in [6.07, 6.45) is 16.5. The summed E-state index contributed by atoms with van der Waals surface area (Å²) < 4.78 is 0. The molecule has 0 spiro atoms. The van der Waals surface area contributed by atoms with Gasteiger partial charge in [0.2, 0.25) is 6.10 Å². The van der Waals surface area contributed by atoms with Crippen LogP contribution in [0, 0.1) is 5.92 Å². The van der Waals surface area contributed by atoms with Crippen LogP contribution in [-0.4, -0.2) is 12.0 Å². The van der Waals surface area contributed by atoms with Crippen LogP contribution in [0.3, 0.4) is 0 Å². The highest BCUT2D eigenvalue weighted by Gasteiger charge is 2.32. The maximum absolute atomic E-state index is 11.5. The van der Waals surface area contributed by atoms with Gasteiger partial charge in [-0.3, -0.25) is 4.79 Å². The molecular formula is C18H34N2O2. The highest BCUT2D eigenvalue weighted by molar-refractivity contribution is 5.82. The van der Waals surface area contributed by atoms with Gasteiger partial charge in [0.1, 0.15) is 0 Å². The largest absolute Gasteiger partial charge is 0.365 e. The van der Waals surface area contributed by atoms with Gasteiger partial charge < -0.3 is 4.84 Å². The predicted octanol–water partition coefficient (Wildman–Crippen LogP) is 6.01. The number of carbonyl (C=O) groups excluding carboxylic acids is 1. The van der Waals surface area contributed by atoms with Gasteiger partial charge in [-0.2, -0.15) is 0 Å². The molecule has 1 aliphatic rings. The number of rotatable bonds is 14. The Kier molecular flexibility index (Phi) is 10.9. The molecule has 0 aliphatic carbocycles. The quantitative estimate of drug-likeness (QED) is 0.369. The number of nitrogens with zero attached hydrogens (tertiary/aromatic N) is 2. The molecule has 4 heteroatoms. The molecule has 1 amide bonds. The zero-order chi connectivity index (χ0) is 16.0. The van der Waals surface area contributed by atoms with E-state index in [1.165, 1.54) is 70.6 Å². The van der Waals surface area contributed by atoms with Crippen LogP contribution < -0.4 is 0 Å². The van der Waals surface area contributed by atoms with Crippen LogP contribution in [0.4, 0.5) is 0 Å². The van der Waals surface area contributed by atoms with Gasteiger partial charge in [0.15, 0.2) is 0 Å². The third-order valence-electron chi connectivity index (χ3n) is 4.67. The first-order chi connectivity index (χ1) is 10.8. The van der Waals surface area contributed by atoms with Crippen LogP contribution in [0.25, 0.3) is 0 Å². The van der Waals surface area contributed by atoms with E-state index in [1.54, 1.807) is 0 Å². The molecule has 1 rings (SSSR count). The second kappa shape index (κ2) is 12.6. The van der Waals surface area contributed by atoms with E-state index < -0.39 is 6.10 Å². The molecule has 128 valence electrons. The van der Waals surface area contributed by atoms with Crippen molar-refractivity contribution in [1.82, 2.24) is 0 Å². The Hall–Kier alpha value is -0.930. The highest BCUT2D eigenvalue weighted by atomic mass is 16.7. The first-order valence-corrected chi connectivity index (χ1v) is 9.40. The van der Waals surface area contributed by atoms with E-state index in [-0.39, 0.29) is 11.8 Å². The lowest BCUT2D eigenvalue weighted by Gasteiger charge is -2.17. The van der Waals surface area contributed by atoms with Crippen molar-refractivity contribution < 1.29 is 9.63 Å². The van der Waals surface area contributed by atoms with Gasteiger partial charge in [0.05, 0.1) is 0 Å². The van der Waals surface area contributed by atoms with Crippen molar-refractivity contribution in [1.29, 1.82) is 0 Å². The summed E-state index contributed by atoms with van der Waals surface area (Å²) in [5.74, 6) is 0.0796. The zero-order valence-electron chi connectivity index (χ0n) is 14.6. The minimum atomic E-state index is -0.409. The fourth-order valence-electron chi connectivity index (χ4n) is 3.14. The third kappa shape index (κ3) is 7.90. The molecule has 4 nitrogen and oxygen atoms in total. The van der Waals surface area contributed by atoms with Gasteiger partial charge in [-0.25, -0.2) is 0 Å². The average Bonchev–Trinajstić information content (AvgIpc) is 2.95. The van der Waals surface area contributed by atoms with Crippen LogP contribution in [-0.2, 0) is 9.63 Å². The summed E-state index contributed by atoms with van der Waals surface area (Å²) in [5, 5.41) is 6.85. The number of hydrogen-bond donors (Lipinski definition) is 0. The SMILES string of the molecule is CCCCCCCCCCCCCC(CC)C1ON=NC1=O. The molecule has 0 aromatic rings. The number of unbranched alkanes of at least 4 members (excludes halogenated alkanes) is 10. The van der Waals surface area contributed by atoms with Crippen molar-refractivity contribution in [3.63, 3.8) is 0 Å². The summed E-state index contributed by atoms with van der Waals surface area (Å²) >= 11 is 0. The fourth-order valence-corrected chi connectivity index (χ4v) is 3.14. The first kappa shape index (κ1) is 19.1. The van der Waals surface area contributed by atoms with Crippen molar-refractivity contribution in [3.05, 3.63) is 0 Å². The average molecular weight is 310 g/mol. The van der Waals surface area contributed by atoms with E-state index in [2.05, 4.69) is 24.2 Å². The molecule has 2 unspecified atom stereocenters. The number of hydrogen-bond acceptors (Lipinski definition) is 3. The molecule has 0 fully saturated rings. The Morgan fingerprint density at radius 1 is 0.909 bits per heavy atom. The molecule has 0 N–H and O–H groups in total. The van der Waals surface area contributed by atoms with Gasteiger partial charge in [-0.15, -0.1) is 0 Å². The molecule has 0 saturated carbocycles. The second-order valence-electron chi connectivity index (χ2n) is 6.54. The van der Waals surface area contributed by atoms with Crippen LogP contribution in [0.1, 0.15) is 97.3 Å². The molecule has 2 atom stereocenters. The lowest BCUT2D eigenvalue weighted by Crippen LogP contribution is -2.26. The van der Waals surface area contributed by atoms with Crippen LogP contribution in [0.15, 0.2) is 10.4 Å². The maximum atomic E-state index is 11.5. The molecule has 0 bridgehead atoms. The summed E-state index contributed by atoms with van der Waals surface area (Å²) in [4.78, 5) is 16.6. The van der Waals surface area contributed by atoms with E-state index in [1.807, 2.05) is 0 Å². The minimum absolute atomic E-state index is 0.199. The van der Waals surface area contributed by atoms with Gasteiger partial charge in [-0.05, 0) is 12.8 Å². The normalized spacial score (nSPS) is 18.6. The van der Waals surface area contributed by atoms with Crippen molar-refractivity contribution in [2.75, 3.05) is 0 Å². The van der Waals surface area contributed by atoms with E-state index >= 15 is 0 Å². The Morgan fingerprint density at radius 2 is 1.45 bits per heavy atom. The molecule has 1 heterocycles. The molecule has 1 aliphatic heterocycles. The highest BCUT2D eigenvalue weighted by Crippen LogP contribution is 2.24. The minimum Gasteiger partial charge on any atom is -0.365 e. The van der Waals surface area contributed by atoms with Crippen molar-refractivity contribution >= 4 is 5.91 Å². The van der Waals surface area contributed by atoms with Gasteiger partial charge in [0, 0.05) is 11.2 Å². The smallest absolute Gasteiger partial charge is 0.311 e. The fraction of sp³-hybridized carbons (Fsp3) is 0.944. The Bertz CT molecular complexity index is 318. The van der Waals surface area contributed by atoms with Gasteiger partial charge >= 0.3 is 5.91 Å². The topological polar surface area (TPSA) is 51.0 Å². The van der Waals surface area contributed by atoms with Crippen LogP contribution in [0.2, 0.25) is 0 Å². The van der Waals surface area contributed by atoms with Gasteiger partial charge in [-0.1, -0.05) is 89.6 Å². The molecule has 0 aromatic carbocycles. The lowest BCUT2D eigenvalue weighted by molar-refractivity contribution is -0.126. The third-order valence-corrected chi connectivity index (χ3v) is 4.67. The van der Waals surface area contributed by atoms with Crippen molar-refractivity contribution in [2.45, 2.75) is 103 Å². The monoisotopic (exact) mass is 310 g/mol. The second-order valence-corrected chi connectivity index (χ2v) is 6.54. The molecular weight excluding hydrogens is 276 g/mol. The summed E-state index contributed by atoms with van der Waals surface area (Å²) in [7, 11) is 0. The van der Waals surface area contributed by atoms with E-state index in [0.717, 1.165) is 12.8 Å². The first-order valence-electron chi connectivity index (χ1n) is 9.40. The van der Waals surface area contributed by atoms with Crippen LogP contribution >= 0.6 is 0 Å². The maximum Gasteiger partial charge on any atom is 0.311 e. The van der Waals surface area contributed by atoms with Gasteiger partial charge in [0.25, 0.3) is 0 Å². The zero-order valence-corrected chi connectivity index (χ0v) is 14.6. The van der Waals surface area contributed by atoms with E-state index in [9.17, 15) is 4.79 Å². The lowest BCUT2D eigenvalue weighted by atomic mass is 9.92. The standard InChI is InChI=1S/C18H34N2O2/c1-3-5-6-7-8-9-10-11-12-13-14-15-16(4-2)17-18(21)19-20-22-17/h16-17H,3-15H2,1-2H3. The summed E-state index contributed by atoms with van der Waals surface area (Å²) in [6, 6.07) is 0. The number of carbonyl (C=O) groups is 1. The Labute approximate surface area is 136 Å². The Morgan fingerprint density at radius 3 is 1.91 bits per heavy atom. The molecule has 0 aromatic heterocycles. The van der Waals surface area contributed by atoms with Crippen molar-refractivity contribution in [3.8, 4) is 0 Å². The number of amides is 1. The summed E-state index contributed by atoms with van der Waals surface area (Å²) in [6.45, 7) is 4.37. The van der Waals surface area contributed by atoms with Crippen molar-refractivity contribution in [2.24, 2.45) is 16.3 Å². The Balaban J connectivity index is 1.91. The van der Waals surface area contributed by atoms with E-state index in [0.29, 0.717) is 0 Å².